The number of carbonyl (C=O) groups is 1. The lowest BCUT2D eigenvalue weighted by Gasteiger charge is -2.20. The van der Waals surface area contributed by atoms with Crippen LogP contribution in [0.1, 0.15) is 16.7 Å². The Bertz CT molecular complexity index is 1160. The van der Waals surface area contributed by atoms with Crippen LogP contribution in [0, 0.1) is 18.3 Å². The van der Waals surface area contributed by atoms with Gasteiger partial charge in [-0.2, -0.15) is 5.26 Å². The van der Waals surface area contributed by atoms with Gasteiger partial charge in [0.2, 0.25) is 0 Å². The van der Waals surface area contributed by atoms with E-state index in [0.29, 0.717) is 11.4 Å². The molecule has 3 rings (SSSR count). The number of hydrogen-bond donors (Lipinski definition) is 1. The lowest BCUT2D eigenvalue weighted by molar-refractivity contribution is -0.142. The Morgan fingerprint density at radius 3 is 2.48 bits per heavy atom. The maximum absolute atomic E-state index is 12.3. The highest BCUT2D eigenvalue weighted by molar-refractivity contribution is 5.72. The van der Waals surface area contributed by atoms with Crippen LogP contribution >= 0.6 is 0 Å². The molecule has 0 aliphatic carbocycles. The third-order valence-electron chi connectivity index (χ3n) is 4.76. The number of nitriles is 1. The summed E-state index contributed by atoms with van der Waals surface area (Å²) >= 11 is 0. The third-order valence-corrected chi connectivity index (χ3v) is 4.76. The van der Waals surface area contributed by atoms with Crippen LogP contribution in [0.15, 0.2) is 63.8 Å². The Morgan fingerprint density at radius 1 is 1.16 bits per heavy atom. The molecule has 0 spiro atoms. The average molecular weight is 418 g/mol. The predicted octanol–water partition coefficient (Wildman–Crippen LogP) is 3.41. The Morgan fingerprint density at radius 2 is 1.84 bits per heavy atom. The Labute approximate surface area is 179 Å². The molecule has 1 N–H and O–H groups in total. The molecule has 3 aromatic rings. The van der Waals surface area contributed by atoms with Gasteiger partial charge >= 0.3 is 11.6 Å². The molecule has 1 aromatic heterocycles. The summed E-state index contributed by atoms with van der Waals surface area (Å²) in [6.07, 6.45) is 0.0833. The minimum atomic E-state index is -0.716. The van der Waals surface area contributed by atoms with Gasteiger partial charge in [-0.05, 0) is 24.6 Å². The highest BCUT2D eigenvalue weighted by Crippen LogP contribution is 2.25. The van der Waals surface area contributed by atoms with E-state index in [1.165, 1.54) is 12.1 Å². The number of ether oxygens (including phenoxy) is 1. The predicted molar refractivity (Wildman–Crippen MR) is 116 cm³/mol. The van der Waals surface area contributed by atoms with Crippen LogP contribution in [-0.2, 0) is 16.0 Å². The van der Waals surface area contributed by atoms with Crippen molar-refractivity contribution in [3.8, 4) is 23.1 Å². The first kappa shape index (κ1) is 21.7. The maximum Gasteiger partial charge on any atom is 0.356 e. The second-order valence-corrected chi connectivity index (χ2v) is 7.12. The van der Waals surface area contributed by atoms with Crippen LogP contribution in [0.2, 0.25) is 0 Å². The summed E-state index contributed by atoms with van der Waals surface area (Å²) in [5.41, 5.74) is 2.11. The molecule has 2 aromatic carbocycles. The fourth-order valence-electron chi connectivity index (χ4n) is 2.99. The van der Waals surface area contributed by atoms with Crippen molar-refractivity contribution < 1.29 is 19.1 Å². The summed E-state index contributed by atoms with van der Waals surface area (Å²) < 4.78 is 10.6. The largest absolute Gasteiger partial charge is 0.508 e. The summed E-state index contributed by atoms with van der Waals surface area (Å²) in [6, 6.07) is 17.3. The van der Waals surface area contributed by atoms with Gasteiger partial charge in [0, 0.05) is 18.7 Å². The quantitative estimate of drug-likeness (QED) is 0.586. The number of likely N-dealkylation sites (N-methyl/N-ethyl adjacent to an activating group) is 1. The molecule has 31 heavy (non-hydrogen) atoms. The van der Waals surface area contributed by atoms with Gasteiger partial charge in [-0.25, -0.2) is 4.79 Å². The zero-order valence-electron chi connectivity index (χ0n) is 17.3. The van der Waals surface area contributed by atoms with Crippen LogP contribution in [0.4, 0.5) is 5.69 Å². The number of aromatic hydroxyl groups is 1. The number of phenols is 1. The number of carbonyl (C=O) groups excluding carboxylic acids is 1. The first-order chi connectivity index (χ1) is 14.9. The third kappa shape index (κ3) is 5.52. The van der Waals surface area contributed by atoms with E-state index in [9.17, 15) is 20.0 Å². The van der Waals surface area contributed by atoms with Crippen molar-refractivity contribution in [2.75, 3.05) is 25.1 Å². The van der Waals surface area contributed by atoms with Crippen molar-refractivity contribution in [3.63, 3.8) is 0 Å². The second-order valence-electron chi connectivity index (χ2n) is 7.12. The molecule has 0 bridgehead atoms. The molecular weight excluding hydrogens is 396 g/mol. The Kier molecular flexibility index (Phi) is 6.73. The first-order valence-electron chi connectivity index (χ1n) is 9.67. The molecule has 0 fully saturated rings. The number of benzene rings is 2. The molecule has 158 valence electrons. The van der Waals surface area contributed by atoms with Crippen molar-refractivity contribution in [2.45, 2.75) is 13.3 Å². The molecular formula is C24H22N2O5. The Balaban J connectivity index is 1.68. The van der Waals surface area contributed by atoms with Crippen LogP contribution in [0.3, 0.4) is 0 Å². The molecule has 0 saturated heterocycles. The summed E-state index contributed by atoms with van der Waals surface area (Å²) in [5.74, 6) is 0.0760. The number of esters is 1. The molecule has 7 heteroatoms. The SMILES string of the molecule is Cc1ccc(-c2cc(N(C)CCOC(=O)Cc3ccc(O)cc3)c(C#N)c(=O)o2)cc1. The van der Waals surface area contributed by atoms with Gasteiger partial charge in [0.05, 0.1) is 18.7 Å². The van der Waals surface area contributed by atoms with Gasteiger partial charge < -0.3 is 19.2 Å². The zero-order chi connectivity index (χ0) is 22.4. The molecule has 0 atom stereocenters. The highest BCUT2D eigenvalue weighted by atomic mass is 16.5. The number of phenolic OH excluding ortho intramolecular Hbond substituents is 1. The number of aryl methyl sites for hydroxylation is 1. The van der Waals surface area contributed by atoms with Crippen LogP contribution in [-0.4, -0.2) is 31.3 Å². The normalized spacial score (nSPS) is 10.4. The van der Waals surface area contributed by atoms with Gasteiger partial charge in [-0.1, -0.05) is 42.0 Å². The standard InChI is InChI=1S/C24H22N2O5/c1-16-3-7-18(8-4-16)22-14-21(20(15-25)24(29)31-22)26(2)11-12-30-23(28)13-17-5-9-19(27)10-6-17/h3-10,14,27H,11-13H2,1-2H3. The van der Waals surface area contributed by atoms with Crippen molar-refractivity contribution >= 4 is 11.7 Å². The van der Waals surface area contributed by atoms with E-state index >= 15 is 0 Å². The lowest BCUT2D eigenvalue weighted by Crippen LogP contribution is -2.26. The van der Waals surface area contributed by atoms with Crippen molar-refractivity contribution in [1.82, 2.24) is 0 Å². The molecule has 0 radical (unpaired) electrons. The van der Waals surface area contributed by atoms with Crippen molar-refractivity contribution in [2.24, 2.45) is 0 Å². The number of nitrogens with zero attached hydrogens (tertiary/aromatic N) is 2. The molecule has 7 nitrogen and oxygen atoms in total. The smallest absolute Gasteiger partial charge is 0.356 e. The van der Waals surface area contributed by atoms with Crippen LogP contribution in [0.5, 0.6) is 5.75 Å². The van der Waals surface area contributed by atoms with Gasteiger partial charge in [-0.3, -0.25) is 4.79 Å². The van der Waals surface area contributed by atoms with Gasteiger partial charge in [0.15, 0.2) is 5.56 Å². The van der Waals surface area contributed by atoms with E-state index < -0.39 is 11.6 Å². The van der Waals surface area contributed by atoms with Crippen molar-refractivity contribution in [1.29, 1.82) is 5.26 Å². The summed E-state index contributed by atoms with van der Waals surface area (Å²) in [6.45, 7) is 2.33. The van der Waals surface area contributed by atoms with E-state index in [2.05, 4.69) is 0 Å². The van der Waals surface area contributed by atoms with E-state index in [-0.39, 0.29) is 30.9 Å². The number of anilines is 1. The van der Waals surface area contributed by atoms with Gasteiger partial charge in [-0.15, -0.1) is 0 Å². The van der Waals surface area contributed by atoms with E-state index in [4.69, 9.17) is 9.15 Å². The number of hydrogen-bond acceptors (Lipinski definition) is 7. The molecule has 0 unspecified atom stereocenters. The lowest BCUT2D eigenvalue weighted by atomic mass is 10.1. The fourth-order valence-corrected chi connectivity index (χ4v) is 2.99. The van der Waals surface area contributed by atoms with Crippen LogP contribution in [0.25, 0.3) is 11.3 Å². The van der Waals surface area contributed by atoms with E-state index in [1.807, 2.05) is 37.3 Å². The molecule has 0 aliphatic rings. The van der Waals surface area contributed by atoms with E-state index in [0.717, 1.165) is 16.7 Å². The highest BCUT2D eigenvalue weighted by Gasteiger charge is 2.16. The second kappa shape index (κ2) is 9.63. The average Bonchev–Trinajstić information content (AvgIpc) is 2.75. The van der Waals surface area contributed by atoms with Gasteiger partial charge in [0.1, 0.15) is 24.2 Å². The zero-order valence-corrected chi connectivity index (χ0v) is 17.3. The molecule has 0 amide bonds. The summed E-state index contributed by atoms with van der Waals surface area (Å²) in [4.78, 5) is 26.0. The topological polar surface area (TPSA) is 104 Å². The summed E-state index contributed by atoms with van der Waals surface area (Å²) in [5, 5.41) is 18.7. The van der Waals surface area contributed by atoms with Crippen molar-refractivity contribution in [3.05, 3.63) is 81.7 Å². The molecule has 0 aliphatic heterocycles. The fraction of sp³-hybridized carbons (Fsp3) is 0.208. The minimum absolute atomic E-state index is 0.0817. The summed E-state index contributed by atoms with van der Waals surface area (Å²) in [7, 11) is 1.71. The Hall–Kier alpha value is -4.05. The van der Waals surface area contributed by atoms with Crippen LogP contribution < -0.4 is 10.5 Å². The molecule has 1 heterocycles. The van der Waals surface area contributed by atoms with E-state index in [1.54, 1.807) is 30.1 Å². The monoisotopic (exact) mass is 418 g/mol. The maximum atomic E-state index is 12.3. The van der Waals surface area contributed by atoms with Gasteiger partial charge in [0.25, 0.3) is 0 Å². The molecule has 0 saturated carbocycles. The first-order valence-corrected chi connectivity index (χ1v) is 9.67. The number of rotatable bonds is 7. The minimum Gasteiger partial charge on any atom is -0.508 e.